The highest BCUT2D eigenvalue weighted by molar-refractivity contribution is 5.82. The molecule has 0 spiro atoms. The van der Waals surface area contributed by atoms with Crippen molar-refractivity contribution in [2.45, 2.75) is 0 Å². The number of hydrogen-bond acceptors (Lipinski definition) is 0. The van der Waals surface area contributed by atoms with Crippen LogP contribution >= 0.6 is 0 Å². The van der Waals surface area contributed by atoms with Gasteiger partial charge in [0, 0.05) is 5.39 Å². The molecule has 2 aromatic rings. The first-order valence-corrected chi connectivity index (χ1v) is 3.62. The van der Waals surface area contributed by atoms with E-state index in [-0.39, 0.29) is 0 Å². The summed E-state index contributed by atoms with van der Waals surface area (Å²) in [6.07, 6.45) is 0. The van der Waals surface area contributed by atoms with Gasteiger partial charge in [-0.15, -0.1) is 0 Å². The molecule has 0 aliphatic heterocycles. The van der Waals surface area contributed by atoms with Gasteiger partial charge in [0.15, 0.2) is 11.6 Å². The summed E-state index contributed by atoms with van der Waals surface area (Å²) < 4.78 is 25.7. The lowest BCUT2D eigenvalue weighted by Crippen LogP contribution is -1.84. The van der Waals surface area contributed by atoms with Gasteiger partial charge in [-0.3, -0.25) is 0 Å². The van der Waals surface area contributed by atoms with E-state index in [9.17, 15) is 8.78 Å². The second kappa shape index (κ2) is 2.55. The molecule has 0 nitrogen and oxygen atoms in total. The Morgan fingerprint density at radius 1 is 0.833 bits per heavy atom. The Hall–Kier alpha value is -1.44. The second-order valence-electron chi connectivity index (χ2n) is 2.58. The molecule has 0 atom stereocenters. The van der Waals surface area contributed by atoms with E-state index in [2.05, 4.69) is 0 Å². The molecule has 0 N–H and O–H groups in total. The van der Waals surface area contributed by atoms with Gasteiger partial charge in [0.25, 0.3) is 0 Å². The van der Waals surface area contributed by atoms with E-state index in [4.69, 9.17) is 0 Å². The minimum atomic E-state index is -0.797. The van der Waals surface area contributed by atoms with Crippen LogP contribution < -0.4 is 0 Å². The highest BCUT2D eigenvalue weighted by atomic mass is 19.2. The molecule has 0 heterocycles. The van der Waals surface area contributed by atoms with Crippen LogP contribution in [0.3, 0.4) is 0 Å². The van der Waals surface area contributed by atoms with Crippen LogP contribution in [0, 0.1) is 11.6 Å². The first kappa shape index (κ1) is 7.22. The summed E-state index contributed by atoms with van der Waals surface area (Å²) in [5, 5.41) is 1.05. The lowest BCUT2D eigenvalue weighted by Gasteiger charge is -1.98. The Labute approximate surface area is 68.4 Å². The summed E-state index contributed by atoms with van der Waals surface area (Å²) in [4.78, 5) is 0. The average Bonchev–Trinajstić information content (AvgIpc) is 2.12. The maximum Gasteiger partial charge on any atom is 0.166 e. The van der Waals surface area contributed by atoms with Gasteiger partial charge in [-0.25, -0.2) is 8.78 Å². The van der Waals surface area contributed by atoms with Crippen molar-refractivity contribution in [2.75, 3.05) is 0 Å². The fourth-order valence-electron chi connectivity index (χ4n) is 1.21. The third kappa shape index (κ3) is 0.961. The fraction of sp³-hybridized carbons (Fsp3) is 0. The number of rotatable bonds is 0. The van der Waals surface area contributed by atoms with Crippen LogP contribution in [0.5, 0.6) is 0 Å². The molecule has 0 unspecified atom stereocenters. The van der Waals surface area contributed by atoms with Gasteiger partial charge in [-0.05, 0) is 11.5 Å². The summed E-state index contributed by atoms with van der Waals surface area (Å²) in [6, 6.07) is 9.49. The zero-order valence-corrected chi connectivity index (χ0v) is 6.22. The number of halogens is 2. The van der Waals surface area contributed by atoms with Gasteiger partial charge < -0.3 is 0 Å². The predicted molar refractivity (Wildman–Crippen MR) is 43.9 cm³/mol. The van der Waals surface area contributed by atoms with Crippen molar-refractivity contribution in [3.63, 3.8) is 0 Å². The summed E-state index contributed by atoms with van der Waals surface area (Å²) in [5.74, 6) is -1.57. The summed E-state index contributed by atoms with van der Waals surface area (Å²) in [5.41, 5.74) is 0. The van der Waals surface area contributed by atoms with Crippen molar-refractivity contribution < 1.29 is 8.78 Å². The van der Waals surface area contributed by atoms with Crippen LogP contribution in [0.1, 0.15) is 0 Å². The van der Waals surface area contributed by atoms with E-state index in [0.29, 0.717) is 5.39 Å². The topological polar surface area (TPSA) is 0 Å². The molecule has 2 rings (SSSR count). The smallest absolute Gasteiger partial charge is 0.166 e. The molecule has 2 heteroatoms. The van der Waals surface area contributed by atoms with E-state index >= 15 is 0 Å². The van der Waals surface area contributed by atoms with Crippen molar-refractivity contribution in [1.29, 1.82) is 0 Å². The van der Waals surface area contributed by atoms with E-state index in [1.165, 1.54) is 0 Å². The summed E-state index contributed by atoms with van der Waals surface area (Å²) in [7, 11) is 0. The van der Waals surface area contributed by atoms with Crippen molar-refractivity contribution in [3.05, 3.63) is 48.0 Å². The van der Waals surface area contributed by atoms with E-state index in [1.54, 1.807) is 30.3 Å². The molecular weight excluding hydrogens is 158 g/mol. The predicted octanol–water partition coefficient (Wildman–Crippen LogP) is 3.12. The van der Waals surface area contributed by atoms with Crippen molar-refractivity contribution in [1.82, 2.24) is 0 Å². The lowest BCUT2D eigenvalue weighted by atomic mass is 10.1. The molecule has 0 radical (unpaired) electrons. The minimum Gasteiger partial charge on any atom is -0.204 e. The molecule has 2 aromatic carbocycles. The van der Waals surface area contributed by atoms with Crippen LogP contribution in [0.2, 0.25) is 0 Å². The molecule has 0 bridgehead atoms. The third-order valence-corrected chi connectivity index (χ3v) is 1.82. The highest BCUT2D eigenvalue weighted by Crippen LogP contribution is 2.19. The Morgan fingerprint density at radius 3 is 2.42 bits per heavy atom. The summed E-state index contributed by atoms with van der Waals surface area (Å²) in [6.45, 7) is 0. The van der Waals surface area contributed by atoms with Gasteiger partial charge in [0.2, 0.25) is 0 Å². The lowest BCUT2D eigenvalue weighted by molar-refractivity contribution is 0.517. The van der Waals surface area contributed by atoms with Gasteiger partial charge in [0.1, 0.15) is 0 Å². The van der Waals surface area contributed by atoms with Gasteiger partial charge in [-0.1, -0.05) is 30.3 Å². The maximum absolute atomic E-state index is 13.0. The standard InChI is InChI=1S/C10H6F2/c11-9-6-5-7-3-1-2-4-8(7)10(9)12/h1-6H. The van der Waals surface area contributed by atoms with Gasteiger partial charge >= 0.3 is 0 Å². The first-order valence-electron chi connectivity index (χ1n) is 3.62. The molecule has 60 valence electrons. The number of hydrogen-bond donors (Lipinski definition) is 0. The van der Waals surface area contributed by atoms with Crippen LogP contribution in [0.25, 0.3) is 10.8 Å². The quantitative estimate of drug-likeness (QED) is 0.561. The van der Waals surface area contributed by atoms with Crippen molar-refractivity contribution in [3.8, 4) is 0 Å². The SMILES string of the molecule is Fc1ccc2ccccc2c1F. The maximum atomic E-state index is 13.0. The molecule has 0 aliphatic carbocycles. The Morgan fingerprint density at radius 2 is 1.58 bits per heavy atom. The third-order valence-electron chi connectivity index (χ3n) is 1.82. The van der Waals surface area contributed by atoms with Crippen molar-refractivity contribution >= 4 is 10.8 Å². The van der Waals surface area contributed by atoms with Crippen LogP contribution in [-0.2, 0) is 0 Å². The normalized spacial score (nSPS) is 10.5. The Bertz CT molecular complexity index is 421. The van der Waals surface area contributed by atoms with E-state index in [0.717, 1.165) is 11.5 Å². The number of fused-ring (bicyclic) bond motifs is 1. The zero-order chi connectivity index (χ0) is 8.55. The van der Waals surface area contributed by atoms with Gasteiger partial charge in [-0.2, -0.15) is 0 Å². The first-order chi connectivity index (χ1) is 5.79. The molecule has 0 fully saturated rings. The molecule has 0 aromatic heterocycles. The van der Waals surface area contributed by atoms with Gasteiger partial charge in [0.05, 0.1) is 0 Å². The highest BCUT2D eigenvalue weighted by Gasteiger charge is 2.04. The molecule has 0 aliphatic rings. The monoisotopic (exact) mass is 164 g/mol. The molecular formula is C10H6F2. The molecule has 0 saturated carbocycles. The fourth-order valence-corrected chi connectivity index (χ4v) is 1.21. The number of benzene rings is 2. The van der Waals surface area contributed by atoms with Crippen LogP contribution in [-0.4, -0.2) is 0 Å². The zero-order valence-electron chi connectivity index (χ0n) is 6.22. The largest absolute Gasteiger partial charge is 0.204 e. The minimum absolute atomic E-state index is 0.331. The second-order valence-corrected chi connectivity index (χ2v) is 2.58. The van der Waals surface area contributed by atoms with Crippen LogP contribution in [0.4, 0.5) is 8.78 Å². The van der Waals surface area contributed by atoms with E-state index < -0.39 is 11.6 Å². The summed E-state index contributed by atoms with van der Waals surface area (Å²) >= 11 is 0. The Kier molecular flexibility index (Phi) is 1.54. The molecule has 12 heavy (non-hydrogen) atoms. The molecule has 0 saturated heterocycles. The molecule has 0 amide bonds. The van der Waals surface area contributed by atoms with Crippen molar-refractivity contribution in [2.24, 2.45) is 0 Å². The average molecular weight is 164 g/mol. The van der Waals surface area contributed by atoms with E-state index in [1.807, 2.05) is 0 Å². The van der Waals surface area contributed by atoms with Crippen LogP contribution in [0.15, 0.2) is 36.4 Å². The Balaban J connectivity index is 2.91.